The molecule has 1 aliphatic rings. The minimum Gasteiger partial charge on any atom is -0.396 e. The summed E-state index contributed by atoms with van der Waals surface area (Å²) in [4.78, 5) is 4.47. The van der Waals surface area contributed by atoms with Crippen molar-refractivity contribution in [3.63, 3.8) is 0 Å². The van der Waals surface area contributed by atoms with Gasteiger partial charge in [0.25, 0.3) is 0 Å². The summed E-state index contributed by atoms with van der Waals surface area (Å²) in [5, 5.41) is 8.65. The molecule has 13 heavy (non-hydrogen) atoms. The van der Waals surface area contributed by atoms with Gasteiger partial charge in [0.05, 0.1) is 0 Å². The summed E-state index contributed by atoms with van der Waals surface area (Å²) in [5.41, 5.74) is 0. The number of hydrogen-bond donors (Lipinski definition) is 1. The molecule has 0 aromatic rings. The van der Waals surface area contributed by atoms with Crippen molar-refractivity contribution < 1.29 is 9.50 Å². The Morgan fingerprint density at radius 1 is 1.00 bits per heavy atom. The van der Waals surface area contributed by atoms with E-state index in [1.54, 1.807) is 0 Å². The molecule has 0 aliphatic carbocycles. The van der Waals surface area contributed by atoms with E-state index in [-0.39, 0.29) is 13.3 Å². The van der Waals surface area contributed by atoms with Gasteiger partial charge in [-0.2, -0.15) is 0 Å². The fourth-order valence-corrected chi connectivity index (χ4v) is 1.65. The van der Waals surface area contributed by atoms with Crippen LogP contribution in [0.5, 0.6) is 0 Å². The molecule has 0 bridgehead atoms. The molecule has 0 amide bonds. The summed E-state index contributed by atoms with van der Waals surface area (Å²) in [6.45, 7) is 5.54. The first kappa shape index (κ1) is 10.9. The predicted molar refractivity (Wildman–Crippen MR) is 50.6 cm³/mol. The molecule has 4 heteroatoms. The van der Waals surface area contributed by atoms with Gasteiger partial charge in [-0.05, 0) is 6.42 Å². The molecule has 0 atom stereocenters. The molecule has 1 saturated heterocycles. The number of aliphatic hydroxyl groups is 1. The number of aliphatic hydroxyl groups excluding tert-OH is 1. The van der Waals surface area contributed by atoms with Crippen molar-refractivity contribution in [2.45, 2.75) is 6.42 Å². The van der Waals surface area contributed by atoms with Crippen LogP contribution in [0.1, 0.15) is 6.42 Å². The highest BCUT2D eigenvalue weighted by atomic mass is 19.1. The van der Waals surface area contributed by atoms with Gasteiger partial charge in [0, 0.05) is 45.9 Å². The highest BCUT2D eigenvalue weighted by molar-refractivity contribution is 4.71. The van der Waals surface area contributed by atoms with Crippen LogP contribution >= 0.6 is 0 Å². The molecule has 1 aliphatic heterocycles. The Hall–Kier alpha value is -0.190. The number of nitrogens with zero attached hydrogens (tertiary/aromatic N) is 2. The predicted octanol–water partition coefficient (Wildman–Crippen LogP) is -0.0441. The molecule has 0 radical (unpaired) electrons. The SMILES string of the molecule is OCCCN1CCN(CCF)CC1. The molecule has 1 N–H and O–H groups in total. The van der Waals surface area contributed by atoms with Gasteiger partial charge < -0.3 is 10.0 Å². The van der Waals surface area contributed by atoms with Crippen LogP contribution in [-0.2, 0) is 0 Å². The van der Waals surface area contributed by atoms with E-state index in [1.165, 1.54) is 0 Å². The average Bonchev–Trinajstić information content (AvgIpc) is 2.17. The summed E-state index contributed by atoms with van der Waals surface area (Å²) in [5.74, 6) is 0. The largest absolute Gasteiger partial charge is 0.396 e. The number of rotatable bonds is 5. The second-order valence-corrected chi connectivity index (χ2v) is 3.45. The summed E-state index contributed by atoms with van der Waals surface area (Å²) < 4.78 is 12.0. The maximum Gasteiger partial charge on any atom is 0.102 e. The lowest BCUT2D eigenvalue weighted by molar-refractivity contribution is 0.119. The van der Waals surface area contributed by atoms with Crippen LogP contribution in [0.2, 0.25) is 0 Å². The van der Waals surface area contributed by atoms with Crippen molar-refractivity contribution >= 4 is 0 Å². The number of hydrogen-bond acceptors (Lipinski definition) is 3. The maximum atomic E-state index is 12.0. The lowest BCUT2D eigenvalue weighted by Gasteiger charge is -2.33. The first-order valence-electron chi connectivity index (χ1n) is 4.98. The Balaban J connectivity index is 2.08. The van der Waals surface area contributed by atoms with Crippen LogP contribution in [0.3, 0.4) is 0 Å². The quantitative estimate of drug-likeness (QED) is 0.659. The van der Waals surface area contributed by atoms with Gasteiger partial charge in [0.1, 0.15) is 6.67 Å². The maximum absolute atomic E-state index is 12.0. The Labute approximate surface area is 79.1 Å². The monoisotopic (exact) mass is 190 g/mol. The molecular weight excluding hydrogens is 171 g/mol. The fourth-order valence-electron chi connectivity index (χ4n) is 1.65. The lowest BCUT2D eigenvalue weighted by atomic mass is 10.3. The summed E-state index contributed by atoms with van der Waals surface area (Å²) >= 11 is 0. The van der Waals surface area contributed by atoms with Crippen molar-refractivity contribution in [3.05, 3.63) is 0 Å². The highest BCUT2D eigenvalue weighted by Crippen LogP contribution is 2.01. The third-order valence-electron chi connectivity index (χ3n) is 2.50. The van der Waals surface area contributed by atoms with E-state index in [9.17, 15) is 4.39 Å². The van der Waals surface area contributed by atoms with Crippen LogP contribution < -0.4 is 0 Å². The Morgan fingerprint density at radius 3 is 2.00 bits per heavy atom. The molecule has 3 nitrogen and oxygen atoms in total. The Kier molecular flexibility index (Phi) is 5.27. The molecule has 1 rings (SSSR count). The van der Waals surface area contributed by atoms with Crippen molar-refractivity contribution in [1.82, 2.24) is 9.80 Å². The number of alkyl halides is 1. The second kappa shape index (κ2) is 6.29. The van der Waals surface area contributed by atoms with Crippen LogP contribution in [0.25, 0.3) is 0 Å². The molecule has 1 heterocycles. The van der Waals surface area contributed by atoms with Crippen molar-refractivity contribution in [2.24, 2.45) is 0 Å². The van der Waals surface area contributed by atoms with Crippen LogP contribution in [0.4, 0.5) is 4.39 Å². The summed E-state index contributed by atoms with van der Waals surface area (Å²) in [7, 11) is 0. The fraction of sp³-hybridized carbons (Fsp3) is 1.00. The van der Waals surface area contributed by atoms with E-state index in [0.29, 0.717) is 6.54 Å². The first-order chi connectivity index (χ1) is 6.36. The minimum atomic E-state index is -0.239. The molecule has 0 unspecified atom stereocenters. The zero-order valence-corrected chi connectivity index (χ0v) is 8.08. The van der Waals surface area contributed by atoms with E-state index in [4.69, 9.17) is 5.11 Å². The minimum absolute atomic E-state index is 0.239. The van der Waals surface area contributed by atoms with Gasteiger partial charge >= 0.3 is 0 Å². The van der Waals surface area contributed by atoms with Gasteiger partial charge in [-0.1, -0.05) is 0 Å². The highest BCUT2D eigenvalue weighted by Gasteiger charge is 2.15. The second-order valence-electron chi connectivity index (χ2n) is 3.45. The van der Waals surface area contributed by atoms with Gasteiger partial charge in [0.15, 0.2) is 0 Å². The van der Waals surface area contributed by atoms with E-state index < -0.39 is 0 Å². The molecule has 1 fully saturated rings. The van der Waals surface area contributed by atoms with Gasteiger partial charge in [-0.3, -0.25) is 4.90 Å². The molecule has 0 aromatic carbocycles. The van der Waals surface area contributed by atoms with Crippen LogP contribution in [0, 0.1) is 0 Å². The first-order valence-corrected chi connectivity index (χ1v) is 4.98. The van der Waals surface area contributed by atoms with Gasteiger partial charge in [-0.25, -0.2) is 4.39 Å². The Bertz CT molecular complexity index is 127. The molecular formula is C9H19FN2O. The van der Waals surface area contributed by atoms with Crippen molar-refractivity contribution in [3.8, 4) is 0 Å². The van der Waals surface area contributed by atoms with Gasteiger partial charge in [0.2, 0.25) is 0 Å². The molecule has 0 aromatic heterocycles. The third-order valence-corrected chi connectivity index (χ3v) is 2.50. The van der Waals surface area contributed by atoms with E-state index >= 15 is 0 Å². The smallest absolute Gasteiger partial charge is 0.102 e. The van der Waals surface area contributed by atoms with E-state index in [2.05, 4.69) is 9.80 Å². The van der Waals surface area contributed by atoms with E-state index in [1.807, 2.05) is 0 Å². The standard InChI is InChI=1S/C9H19FN2O/c10-2-4-12-7-5-11(6-8-12)3-1-9-13/h13H,1-9H2. The molecule has 0 saturated carbocycles. The lowest BCUT2D eigenvalue weighted by Crippen LogP contribution is -2.47. The van der Waals surface area contributed by atoms with Crippen molar-refractivity contribution in [2.75, 3.05) is 52.6 Å². The van der Waals surface area contributed by atoms with Crippen LogP contribution in [0.15, 0.2) is 0 Å². The number of halogens is 1. The summed E-state index contributed by atoms with van der Waals surface area (Å²) in [6, 6.07) is 0. The normalized spacial score (nSPS) is 20.8. The van der Waals surface area contributed by atoms with Crippen molar-refractivity contribution in [1.29, 1.82) is 0 Å². The third kappa shape index (κ3) is 4.02. The Morgan fingerprint density at radius 2 is 1.54 bits per heavy atom. The molecule has 0 spiro atoms. The topological polar surface area (TPSA) is 26.7 Å². The zero-order chi connectivity index (χ0) is 9.52. The van der Waals surface area contributed by atoms with Crippen LogP contribution in [-0.4, -0.2) is 67.5 Å². The summed E-state index contributed by atoms with van der Waals surface area (Å²) in [6.07, 6.45) is 0.850. The zero-order valence-electron chi connectivity index (χ0n) is 8.08. The van der Waals surface area contributed by atoms with Gasteiger partial charge in [-0.15, -0.1) is 0 Å². The van der Waals surface area contributed by atoms with E-state index in [0.717, 1.165) is 39.1 Å². The average molecular weight is 190 g/mol. The number of piperazine rings is 1. The molecule has 78 valence electrons.